The molecule has 0 saturated carbocycles. The Balaban J connectivity index is 2.14. The minimum Gasteiger partial charge on any atom is -0.444 e. The van der Waals surface area contributed by atoms with Crippen molar-refractivity contribution in [3.05, 3.63) is 28.4 Å². The molecule has 1 aliphatic rings. The lowest BCUT2D eigenvalue weighted by Crippen LogP contribution is -2.49. The Hall–Kier alpha value is -2.38. The minimum atomic E-state index is -0.522. The van der Waals surface area contributed by atoms with E-state index in [1.165, 1.54) is 6.07 Å². The molecule has 0 radical (unpaired) electrons. The van der Waals surface area contributed by atoms with Crippen LogP contribution in [0, 0.1) is 16.0 Å². The molecule has 2 rings (SSSR count). The number of piperidine rings is 1. The van der Waals surface area contributed by atoms with Gasteiger partial charge < -0.3 is 14.5 Å². The van der Waals surface area contributed by atoms with Crippen LogP contribution in [0.2, 0.25) is 0 Å². The van der Waals surface area contributed by atoms with Crippen LogP contribution in [0.1, 0.15) is 47.5 Å². The summed E-state index contributed by atoms with van der Waals surface area (Å²) in [5, 5.41) is 11.4. The van der Waals surface area contributed by atoms with Gasteiger partial charge in [-0.3, -0.25) is 10.1 Å². The predicted octanol–water partition coefficient (Wildman–Crippen LogP) is 3.85. The second kappa shape index (κ2) is 8.54. The van der Waals surface area contributed by atoms with Gasteiger partial charge in [-0.05, 0) is 45.6 Å². The van der Waals surface area contributed by atoms with E-state index < -0.39 is 5.60 Å². The fourth-order valence-electron chi connectivity index (χ4n) is 3.24. The van der Waals surface area contributed by atoms with Crippen LogP contribution < -0.4 is 4.90 Å². The summed E-state index contributed by atoms with van der Waals surface area (Å²) in [6.07, 6.45) is 2.73. The maximum absolute atomic E-state index is 12.3. The van der Waals surface area contributed by atoms with Crippen molar-refractivity contribution >= 4 is 17.6 Å². The largest absolute Gasteiger partial charge is 0.444 e. The third kappa shape index (κ3) is 5.80. The fraction of sp³-hybridized carbons (Fsp3) is 0.684. The summed E-state index contributed by atoms with van der Waals surface area (Å²) in [6.45, 7) is 11.5. The van der Waals surface area contributed by atoms with Gasteiger partial charge in [-0.15, -0.1) is 0 Å². The molecule has 150 valence electrons. The molecule has 0 atom stereocenters. The quantitative estimate of drug-likeness (QED) is 0.571. The SMILES string of the molecule is CC(C)CN(c1ncccc1[N+](=O)[O-])C1CCN(C(=O)OC(C)(C)C)CC1. The van der Waals surface area contributed by atoms with Crippen LogP contribution in [-0.4, -0.2) is 52.2 Å². The first-order valence-corrected chi connectivity index (χ1v) is 9.42. The smallest absolute Gasteiger partial charge is 0.410 e. The monoisotopic (exact) mass is 378 g/mol. The average molecular weight is 378 g/mol. The summed E-state index contributed by atoms with van der Waals surface area (Å²) >= 11 is 0. The van der Waals surface area contributed by atoms with Crippen LogP contribution in [-0.2, 0) is 4.74 Å². The van der Waals surface area contributed by atoms with Gasteiger partial charge in [0.15, 0.2) is 0 Å². The van der Waals surface area contributed by atoms with Crippen LogP contribution >= 0.6 is 0 Å². The third-order valence-corrected chi connectivity index (χ3v) is 4.35. The molecule has 1 aromatic heterocycles. The molecular formula is C19H30N4O4. The van der Waals surface area contributed by atoms with Gasteiger partial charge in [0.25, 0.3) is 0 Å². The molecule has 1 saturated heterocycles. The highest BCUT2D eigenvalue weighted by Gasteiger charge is 2.32. The van der Waals surface area contributed by atoms with Gasteiger partial charge in [0.05, 0.1) is 4.92 Å². The number of hydrogen-bond donors (Lipinski definition) is 0. The minimum absolute atomic E-state index is 0.0210. The zero-order valence-electron chi connectivity index (χ0n) is 16.8. The van der Waals surface area contributed by atoms with Gasteiger partial charge in [0.1, 0.15) is 5.60 Å². The molecule has 0 aliphatic carbocycles. The maximum Gasteiger partial charge on any atom is 0.410 e. The van der Waals surface area contributed by atoms with E-state index in [0.717, 1.165) is 12.8 Å². The first kappa shape index (κ1) is 20.9. The standard InChI is InChI=1S/C19H30N4O4/c1-14(2)13-22(17-16(23(25)26)7-6-10-20-17)15-8-11-21(12-9-15)18(24)27-19(3,4)5/h6-7,10,14-15H,8-9,11-13H2,1-5H3. The molecule has 0 spiro atoms. The fourth-order valence-corrected chi connectivity index (χ4v) is 3.24. The van der Waals surface area contributed by atoms with Gasteiger partial charge in [-0.2, -0.15) is 0 Å². The van der Waals surface area contributed by atoms with Crippen molar-refractivity contribution in [1.82, 2.24) is 9.88 Å². The zero-order valence-corrected chi connectivity index (χ0v) is 16.8. The second-order valence-corrected chi connectivity index (χ2v) is 8.35. The second-order valence-electron chi connectivity index (χ2n) is 8.35. The molecule has 0 unspecified atom stereocenters. The van der Waals surface area contributed by atoms with Crippen molar-refractivity contribution in [3.8, 4) is 0 Å². The lowest BCUT2D eigenvalue weighted by atomic mass is 10.0. The number of carbonyl (C=O) groups is 1. The Bertz CT molecular complexity index is 664. The molecule has 0 aromatic carbocycles. The number of hydrogen-bond acceptors (Lipinski definition) is 6. The maximum atomic E-state index is 12.3. The summed E-state index contributed by atoms with van der Waals surface area (Å²) in [6, 6.07) is 3.17. The first-order chi connectivity index (χ1) is 12.6. The van der Waals surface area contributed by atoms with Gasteiger partial charge in [-0.1, -0.05) is 13.8 Å². The molecule has 1 aromatic rings. The predicted molar refractivity (Wildman–Crippen MR) is 104 cm³/mol. The van der Waals surface area contributed by atoms with E-state index in [2.05, 4.69) is 18.8 Å². The molecule has 0 bridgehead atoms. The van der Waals surface area contributed by atoms with E-state index in [9.17, 15) is 14.9 Å². The number of rotatable bonds is 5. The van der Waals surface area contributed by atoms with Crippen molar-refractivity contribution in [3.63, 3.8) is 0 Å². The van der Waals surface area contributed by atoms with Crippen LogP contribution in [0.15, 0.2) is 18.3 Å². The Morgan fingerprint density at radius 1 is 1.41 bits per heavy atom. The van der Waals surface area contributed by atoms with Crippen molar-refractivity contribution in [2.24, 2.45) is 5.92 Å². The number of likely N-dealkylation sites (tertiary alicyclic amines) is 1. The number of nitro groups is 1. The Morgan fingerprint density at radius 2 is 2.04 bits per heavy atom. The molecule has 8 heteroatoms. The molecule has 1 fully saturated rings. The first-order valence-electron chi connectivity index (χ1n) is 9.42. The summed E-state index contributed by atoms with van der Waals surface area (Å²) < 4.78 is 5.44. The van der Waals surface area contributed by atoms with Crippen LogP contribution in [0.4, 0.5) is 16.3 Å². The normalized spacial score (nSPS) is 15.7. The van der Waals surface area contributed by atoms with Crippen molar-refractivity contribution < 1.29 is 14.5 Å². The molecule has 1 aliphatic heterocycles. The highest BCUT2D eigenvalue weighted by atomic mass is 16.6. The summed E-state index contributed by atoms with van der Waals surface area (Å²) in [7, 11) is 0. The summed E-state index contributed by atoms with van der Waals surface area (Å²) in [5.74, 6) is 0.738. The van der Waals surface area contributed by atoms with E-state index in [1.54, 1.807) is 17.2 Å². The highest BCUT2D eigenvalue weighted by Crippen LogP contribution is 2.30. The number of nitrogens with zero attached hydrogens (tertiary/aromatic N) is 4. The highest BCUT2D eigenvalue weighted by molar-refractivity contribution is 5.68. The Kier molecular flexibility index (Phi) is 6.62. The number of pyridine rings is 1. The van der Waals surface area contributed by atoms with E-state index in [1.807, 2.05) is 25.7 Å². The molecule has 0 N–H and O–H groups in total. The van der Waals surface area contributed by atoms with Gasteiger partial charge in [-0.25, -0.2) is 9.78 Å². The molecule has 8 nitrogen and oxygen atoms in total. The van der Waals surface area contributed by atoms with Gasteiger partial charge in [0, 0.05) is 37.9 Å². The molecule has 27 heavy (non-hydrogen) atoms. The number of ether oxygens (including phenoxy) is 1. The zero-order chi connectivity index (χ0) is 20.2. The van der Waals surface area contributed by atoms with Crippen LogP contribution in [0.25, 0.3) is 0 Å². The Morgan fingerprint density at radius 3 is 2.56 bits per heavy atom. The van der Waals surface area contributed by atoms with E-state index >= 15 is 0 Å². The summed E-state index contributed by atoms with van der Waals surface area (Å²) in [5.41, 5.74) is -0.501. The van der Waals surface area contributed by atoms with Gasteiger partial charge >= 0.3 is 11.8 Å². The Labute approximate surface area is 160 Å². The van der Waals surface area contributed by atoms with Gasteiger partial charge in [0.2, 0.25) is 5.82 Å². The number of anilines is 1. The number of amides is 1. The third-order valence-electron chi connectivity index (χ3n) is 4.35. The number of carbonyl (C=O) groups excluding carboxylic acids is 1. The van der Waals surface area contributed by atoms with Crippen molar-refractivity contribution in [2.45, 2.75) is 59.1 Å². The van der Waals surface area contributed by atoms with E-state index in [4.69, 9.17) is 4.74 Å². The molecule has 2 heterocycles. The van der Waals surface area contributed by atoms with E-state index in [-0.39, 0.29) is 22.7 Å². The van der Waals surface area contributed by atoms with Crippen LogP contribution in [0.3, 0.4) is 0 Å². The molecular weight excluding hydrogens is 348 g/mol. The number of aromatic nitrogens is 1. The lowest BCUT2D eigenvalue weighted by Gasteiger charge is -2.39. The van der Waals surface area contributed by atoms with Crippen molar-refractivity contribution in [2.75, 3.05) is 24.5 Å². The lowest BCUT2D eigenvalue weighted by molar-refractivity contribution is -0.384. The van der Waals surface area contributed by atoms with E-state index in [0.29, 0.717) is 31.4 Å². The van der Waals surface area contributed by atoms with Crippen molar-refractivity contribution in [1.29, 1.82) is 0 Å². The topological polar surface area (TPSA) is 88.8 Å². The van der Waals surface area contributed by atoms with Crippen LogP contribution in [0.5, 0.6) is 0 Å². The average Bonchev–Trinajstić information content (AvgIpc) is 2.58. The molecule has 1 amide bonds. The summed E-state index contributed by atoms with van der Waals surface area (Å²) in [4.78, 5) is 31.4.